The fourth-order valence-electron chi connectivity index (χ4n) is 2.47. The number of carbonyl (C=O) groups excluding carboxylic acids is 3. The van der Waals surface area contributed by atoms with Crippen LogP contribution < -0.4 is 4.74 Å². The first-order chi connectivity index (χ1) is 12.3. The molecule has 0 fully saturated rings. The number of rotatable bonds is 11. The van der Waals surface area contributed by atoms with Gasteiger partial charge in [-0.3, -0.25) is 14.4 Å². The number of hydrogen-bond acceptors (Lipinski definition) is 5. The standard InChI is InChI=1S/C22H30O5/c1-15(2)18(23)14-21(3,4)19(24)8-7-13-27-17-11-9-16(10-12-17)20(25)22(5,6)26/h9-12,26H,1,7-8,13-14H2,2-6H3. The van der Waals surface area contributed by atoms with Gasteiger partial charge in [0.2, 0.25) is 0 Å². The van der Waals surface area contributed by atoms with Gasteiger partial charge in [-0.25, -0.2) is 0 Å². The predicted molar refractivity (Wildman–Crippen MR) is 105 cm³/mol. The molecule has 0 unspecified atom stereocenters. The van der Waals surface area contributed by atoms with Gasteiger partial charge in [-0.1, -0.05) is 20.4 Å². The molecule has 1 aromatic rings. The predicted octanol–water partition coefficient (Wildman–Crippen LogP) is 3.93. The maximum atomic E-state index is 12.3. The third-order valence-electron chi connectivity index (χ3n) is 4.32. The molecule has 148 valence electrons. The average Bonchev–Trinajstić information content (AvgIpc) is 2.57. The van der Waals surface area contributed by atoms with Crippen LogP contribution in [0.5, 0.6) is 5.75 Å². The van der Waals surface area contributed by atoms with Crippen molar-refractivity contribution in [3.05, 3.63) is 42.0 Å². The largest absolute Gasteiger partial charge is 0.494 e. The van der Waals surface area contributed by atoms with Gasteiger partial charge in [-0.05, 0) is 57.0 Å². The first-order valence-electron chi connectivity index (χ1n) is 9.06. The molecule has 0 spiro atoms. The molecule has 0 bridgehead atoms. The van der Waals surface area contributed by atoms with Crippen LogP contribution in [-0.2, 0) is 9.59 Å². The van der Waals surface area contributed by atoms with Crippen LogP contribution in [-0.4, -0.2) is 34.7 Å². The topological polar surface area (TPSA) is 80.7 Å². The Morgan fingerprint density at radius 3 is 2.11 bits per heavy atom. The highest BCUT2D eigenvalue weighted by molar-refractivity contribution is 6.01. The molecule has 1 aromatic carbocycles. The van der Waals surface area contributed by atoms with Gasteiger partial charge in [0.05, 0.1) is 6.61 Å². The molecule has 0 aliphatic heterocycles. The first-order valence-corrected chi connectivity index (χ1v) is 9.06. The molecule has 0 amide bonds. The second-order valence-electron chi connectivity index (χ2n) is 8.05. The summed E-state index contributed by atoms with van der Waals surface area (Å²) < 4.78 is 5.60. The monoisotopic (exact) mass is 374 g/mol. The van der Waals surface area contributed by atoms with E-state index < -0.39 is 11.0 Å². The molecule has 0 aliphatic rings. The van der Waals surface area contributed by atoms with Crippen molar-refractivity contribution in [1.82, 2.24) is 0 Å². The molecule has 1 rings (SSSR count). The highest BCUT2D eigenvalue weighted by Gasteiger charge is 2.29. The molecule has 0 saturated carbocycles. The Kier molecular flexibility index (Phi) is 7.66. The van der Waals surface area contributed by atoms with Crippen molar-refractivity contribution < 1.29 is 24.2 Å². The van der Waals surface area contributed by atoms with Crippen molar-refractivity contribution in [2.24, 2.45) is 5.41 Å². The van der Waals surface area contributed by atoms with Crippen LogP contribution in [0.2, 0.25) is 0 Å². The van der Waals surface area contributed by atoms with Crippen LogP contribution in [0.15, 0.2) is 36.4 Å². The maximum absolute atomic E-state index is 12.3. The van der Waals surface area contributed by atoms with Crippen LogP contribution in [0.3, 0.4) is 0 Å². The Labute approximate surface area is 161 Å². The Morgan fingerprint density at radius 1 is 1.07 bits per heavy atom. The number of aliphatic hydroxyl groups is 1. The lowest BCUT2D eigenvalue weighted by Crippen LogP contribution is -2.30. The van der Waals surface area contributed by atoms with E-state index in [0.29, 0.717) is 36.3 Å². The maximum Gasteiger partial charge on any atom is 0.193 e. The minimum Gasteiger partial charge on any atom is -0.494 e. The number of hydrogen-bond donors (Lipinski definition) is 1. The van der Waals surface area contributed by atoms with Crippen LogP contribution in [0.1, 0.15) is 64.2 Å². The van der Waals surface area contributed by atoms with Crippen LogP contribution in [0.4, 0.5) is 0 Å². The van der Waals surface area contributed by atoms with Gasteiger partial charge in [-0.2, -0.15) is 0 Å². The van der Waals surface area contributed by atoms with Crippen molar-refractivity contribution in [3.8, 4) is 5.75 Å². The molecule has 5 heteroatoms. The number of carbonyl (C=O) groups is 3. The van der Waals surface area contributed by atoms with E-state index >= 15 is 0 Å². The van der Waals surface area contributed by atoms with Crippen molar-refractivity contribution in [2.45, 2.75) is 59.5 Å². The Hall–Kier alpha value is -2.27. The summed E-state index contributed by atoms with van der Waals surface area (Å²) in [7, 11) is 0. The molecule has 5 nitrogen and oxygen atoms in total. The fraction of sp³-hybridized carbons (Fsp3) is 0.500. The first kappa shape index (κ1) is 22.8. The quantitative estimate of drug-likeness (QED) is 0.361. The molecule has 0 aromatic heterocycles. The second-order valence-corrected chi connectivity index (χ2v) is 8.05. The van der Waals surface area contributed by atoms with Crippen LogP contribution in [0.25, 0.3) is 0 Å². The summed E-state index contributed by atoms with van der Waals surface area (Å²) in [6, 6.07) is 6.53. The molecule has 0 aliphatic carbocycles. The minimum absolute atomic E-state index is 0.0202. The zero-order valence-electron chi connectivity index (χ0n) is 16.9. The van der Waals surface area contributed by atoms with Gasteiger partial charge in [0.25, 0.3) is 0 Å². The van der Waals surface area contributed by atoms with E-state index in [1.807, 2.05) is 0 Å². The molecule has 0 atom stereocenters. The van der Waals surface area contributed by atoms with Gasteiger partial charge in [0, 0.05) is 23.8 Å². The number of benzene rings is 1. The van der Waals surface area contributed by atoms with E-state index in [1.165, 1.54) is 13.8 Å². The summed E-state index contributed by atoms with van der Waals surface area (Å²) in [6.07, 6.45) is 1.03. The van der Waals surface area contributed by atoms with Gasteiger partial charge in [-0.15, -0.1) is 0 Å². The summed E-state index contributed by atoms with van der Waals surface area (Å²) in [6.45, 7) is 12.1. The lowest BCUT2D eigenvalue weighted by molar-refractivity contribution is -0.131. The summed E-state index contributed by atoms with van der Waals surface area (Å²) >= 11 is 0. The second kappa shape index (κ2) is 9.09. The summed E-state index contributed by atoms with van der Waals surface area (Å²) in [5.74, 6) is 0.162. The van der Waals surface area contributed by atoms with Gasteiger partial charge in [0.15, 0.2) is 11.6 Å². The average molecular weight is 374 g/mol. The van der Waals surface area contributed by atoms with Gasteiger partial charge >= 0.3 is 0 Å². The lowest BCUT2D eigenvalue weighted by Gasteiger charge is -2.22. The molecule has 27 heavy (non-hydrogen) atoms. The van der Waals surface area contributed by atoms with Crippen molar-refractivity contribution in [2.75, 3.05) is 6.61 Å². The van der Waals surface area contributed by atoms with Crippen molar-refractivity contribution in [3.63, 3.8) is 0 Å². The van der Waals surface area contributed by atoms with E-state index in [2.05, 4.69) is 6.58 Å². The Morgan fingerprint density at radius 2 is 1.63 bits per heavy atom. The number of ether oxygens (including phenoxy) is 1. The molecular weight excluding hydrogens is 344 g/mol. The molecule has 1 N–H and O–H groups in total. The van der Waals surface area contributed by atoms with Crippen molar-refractivity contribution in [1.29, 1.82) is 0 Å². The summed E-state index contributed by atoms with van der Waals surface area (Å²) in [5, 5.41) is 9.75. The van der Waals surface area contributed by atoms with Crippen LogP contribution >= 0.6 is 0 Å². The van der Waals surface area contributed by atoms with Gasteiger partial charge < -0.3 is 9.84 Å². The molecular formula is C22H30O5. The van der Waals surface area contributed by atoms with E-state index in [1.54, 1.807) is 45.0 Å². The van der Waals surface area contributed by atoms with E-state index in [4.69, 9.17) is 4.74 Å². The van der Waals surface area contributed by atoms with E-state index in [0.717, 1.165) is 0 Å². The zero-order chi connectivity index (χ0) is 20.8. The Balaban J connectivity index is 2.48. The highest BCUT2D eigenvalue weighted by Crippen LogP contribution is 2.26. The van der Waals surface area contributed by atoms with E-state index in [-0.39, 0.29) is 23.8 Å². The van der Waals surface area contributed by atoms with Crippen molar-refractivity contribution >= 4 is 17.3 Å². The van der Waals surface area contributed by atoms with E-state index in [9.17, 15) is 19.5 Å². The SMILES string of the molecule is C=C(C)C(=O)CC(C)(C)C(=O)CCCOc1ccc(C(=O)C(C)(C)O)cc1. The highest BCUT2D eigenvalue weighted by atomic mass is 16.5. The smallest absolute Gasteiger partial charge is 0.193 e. The fourth-order valence-corrected chi connectivity index (χ4v) is 2.47. The summed E-state index contributed by atoms with van der Waals surface area (Å²) in [4.78, 5) is 36.1. The normalized spacial score (nSPS) is 11.8. The molecule has 0 saturated heterocycles. The third-order valence-corrected chi connectivity index (χ3v) is 4.32. The minimum atomic E-state index is -1.42. The zero-order valence-corrected chi connectivity index (χ0v) is 16.9. The Bertz CT molecular complexity index is 705. The lowest BCUT2D eigenvalue weighted by atomic mass is 9.80. The molecule has 0 heterocycles. The summed E-state index contributed by atoms with van der Waals surface area (Å²) in [5.41, 5.74) is -1.25. The third kappa shape index (κ3) is 7.10. The number of allylic oxidation sites excluding steroid dienone is 1. The number of ketones is 3. The van der Waals surface area contributed by atoms with Crippen LogP contribution in [0, 0.1) is 5.41 Å². The number of Topliss-reactive ketones (excluding diaryl/α,β-unsaturated/α-hetero) is 3. The molecule has 0 radical (unpaired) electrons. The van der Waals surface area contributed by atoms with Gasteiger partial charge in [0.1, 0.15) is 17.1 Å².